The van der Waals surface area contributed by atoms with Gasteiger partial charge in [-0.15, -0.1) is 0 Å². The number of nitrogens with zero attached hydrogens (tertiary/aromatic N) is 3. The van der Waals surface area contributed by atoms with E-state index in [0.29, 0.717) is 24.0 Å². The highest BCUT2D eigenvalue weighted by atomic mass is 32.2. The Morgan fingerprint density at radius 2 is 2.06 bits per heavy atom. The van der Waals surface area contributed by atoms with Gasteiger partial charge in [-0.25, -0.2) is 18.4 Å². The number of hydrogen-bond acceptors (Lipinski definition) is 6. The zero-order valence-electron chi connectivity index (χ0n) is 11.0. The highest BCUT2D eigenvalue weighted by Gasteiger charge is 2.09. The third-order valence-corrected chi connectivity index (χ3v) is 3.37. The quantitative estimate of drug-likeness (QED) is 0.810. The molecule has 1 aromatic rings. The summed E-state index contributed by atoms with van der Waals surface area (Å²) in [5.41, 5.74) is 5.71. The van der Waals surface area contributed by atoms with E-state index in [1.807, 2.05) is 6.92 Å². The van der Waals surface area contributed by atoms with Gasteiger partial charge in [0.1, 0.15) is 27.3 Å². The zero-order chi connectivity index (χ0) is 13.8. The summed E-state index contributed by atoms with van der Waals surface area (Å²) in [6.07, 6.45) is 2.92. The molecule has 0 aliphatic carbocycles. The molecule has 1 rings (SSSR count). The summed E-state index contributed by atoms with van der Waals surface area (Å²) in [5.74, 6) is 1.86. The Labute approximate surface area is 108 Å². The number of rotatable bonds is 6. The van der Waals surface area contributed by atoms with E-state index in [9.17, 15) is 8.42 Å². The molecule has 0 fully saturated rings. The molecule has 102 valence electrons. The van der Waals surface area contributed by atoms with Crippen LogP contribution in [0.3, 0.4) is 0 Å². The third kappa shape index (κ3) is 4.87. The zero-order valence-corrected chi connectivity index (χ0v) is 11.9. The van der Waals surface area contributed by atoms with Crippen LogP contribution < -0.4 is 10.6 Å². The molecule has 18 heavy (non-hydrogen) atoms. The first-order valence-electron chi connectivity index (χ1n) is 5.84. The molecule has 7 heteroatoms. The van der Waals surface area contributed by atoms with Gasteiger partial charge in [-0.05, 0) is 6.42 Å². The molecule has 0 amide bonds. The number of hydrogen-bond donors (Lipinski definition) is 1. The molecule has 2 N–H and O–H groups in total. The minimum absolute atomic E-state index is 0.0938. The summed E-state index contributed by atoms with van der Waals surface area (Å²) in [5, 5.41) is 0. The predicted octanol–water partition coefficient (Wildman–Crippen LogP) is 0.492. The minimum atomic E-state index is -2.97. The van der Waals surface area contributed by atoms with Gasteiger partial charge in [0.05, 0.1) is 5.75 Å². The number of aryl methyl sites for hydroxylation is 1. The first kappa shape index (κ1) is 14.7. The summed E-state index contributed by atoms with van der Waals surface area (Å²) >= 11 is 0. The number of aromatic nitrogens is 2. The van der Waals surface area contributed by atoms with Crippen molar-refractivity contribution >= 4 is 21.5 Å². The van der Waals surface area contributed by atoms with Gasteiger partial charge in [0.2, 0.25) is 0 Å². The van der Waals surface area contributed by atoms with Crippen molar-refractivity contribution in [1.29, 1.82) is 0 Å². The van der Waals surface area contributed by atoms with E-state index in [4.69, 9.17) is 5.73 Å². The van der Waals surface area contributed by atoms with Crippen molar-refractivity contribution in [2.45, 2.75) is 19.8 Å². The highest BCUT2D eigenvalue weighted by Crippen LogP contribution is 2.13. The molecule has 0 radical (unpaired) electrons. The van der Waals surface area contributed by atoms with E-state index in [1.165, 1.54) is 6.26 Å². The van der Waals surface area contributed by atoms with Crippen LogP contribution in [0.1, 0.15) is 19.2 Å². The molecule has 0 saturated heterocycles. The summed E-state index contributed by atoms with van der Waals surface area (Å²) in [6, 6.07) is 1.65. The van der Waals surface area contributed by atoms with Gasteiger partial charge in [-0.3, -0.25) is 0 Å². The Kier molecular flexibility index (Phi) is 4.89. The molecule has 0 unspecified atom stereocenters. The van der Waals surface area contributed by atoms with Crippen molar-refractivity contribution in [3.8, 4) is 0 Å². The Morgan fingerprint density at radius 1 is 1.39 bits per heavy atom. The lowest BCUT2D eigenvalue weighted by molar-refractivity contribution is 0.601. The molecule has 1 aromatic heterocycles. The predicted molar refractivity (Wildman–Crippen MR) is 73.4 cm³/mol. The summed E-state index contributed by atoms with van der Waals surface area (Å²) in [7, 11) is -1.18. The number of nitrogens with two attached hydrogens (primary N) is 1. The van der Waals surface area contributed by atoms with Crippen molar-refractivity contribution in [2.75, 3.05) is 36.2 Å². The summed E-state index contributed by atoms with van der Waals surface area (Å²) in [6.45, 7) is 2.43. The molecule has 0 atom stereocenters. The maximum atomic E-state index is 11.1. The lowest BCUT2D eigenvalue weighted by atomic mass is 10.3. The van der Waals surface area contributed by atoms with Crippen LogP contribution in [0.5, 0.6) is 0 Å². The molecule has 0 saturated carbocycles. The Balaban J connectivity index is 2.81. The maximum Gasteiger partial charge on any atom is 0.149 e. The van der Waals surface area contributed by atoms with Crippen LogP contribution in [0.25, 0.3) is 0 Å². The van der Waals surface area contributed by atoms with Crippen molar-refractivity contribution < 1.29 is 8.42 Å². The van der Waals surface area contributed by atoms with Crippen molar-refractivity contribution in [1.82, 2.24) is 9.97 Å². The van der Waals surface area contributed by atoms with E-state index in [0.717, 1.165) is 12.8 Å². The molecule has 0 aliphatic heterocycles. The molecule has 0 spiro atoms. The second kappa shape index (κ2) is 5.99. The first-order valence-corrected chi connectivity index (χ1v) is 7.90. The normalized spacial score (nSPS) is 11.5. The Bertz CT molecular complexity index is 502. The third-order valence-electron chi connectivity index (χ3n) is 2.44. The van der Waals surface area contributed by atoms with Crippen molar-refractivity contribution in [2.24, 2.45) is 0 Å². The lowest BCUT2D eigenvalue weighted by Gasteiger charge is -2.18. The topological polar surface area (TPSA) is 89.2 Å². The van der Waals surface area contributed by atoms with Gasteiger partial charge in [0.25, 0.3) is 0 Å². The van der Waals surface area contributed by atoms with Crippen molar-refractivity contribution in [3.05, 3.63) is 11.9 Å². The molecule has 0 aliphatic rings. The SMILES string of the molecule is CCCc1nc(N)cc(N(C)CCS(C)(=O)=O)n1. The fourth-order valence-electron chi connectivity index (χ4n) is 1.45. The lowest BCUT2D eigenvalue weighted by Crippen LogP contribution is -2.26. The molecular weight excluding hydrogens is 252 g/mol. The summed E-state index contributed by atoms with van der Waals surface area (Å²) in [4.78, 5) is 10.3. The fourth-order valence-corrected chi connectivity index (χ4v) is 2.06. The van der Waals surface area contributed by atoms with Crippen LogP contribution >= 0.6 is 0 Å². The number of anilines is 2. The van der Waals surface area contributed by atoms with Gasteiger partial charge in [-0.1, -0.05) is 6.92 Å². The van der Waals surface area contributed by atoms with E-state index < -0.39 is 9.84 Å². The fraction of sp³-hybridized carbons (Fsp3) is 0.636. The van der Waals surface area contributed by atoms with Crippen LogP contribution in [0.15, 0.2) is 6.07 Å². The van der Waals surface area contributed by atoms with E-state index in [2.05, 4.69) is 9.97 Å². The van der Waals surface area contributed by atoms with E-state index in [-0.39, 0.29) is 5.75 Å². The molecule has 1 heterocycles. The second-order valence-corrected chi connectivity index (χ2v) is 6.63. The molecule has 6 nitrogen and oxygen atoms in total. The number of sulfone groups is 1. The van der Waals surface area contributed by atoms with E-state index >= 15 is 0 Å². The largest absolute Gasteiger partial charge is 0.384 e. The first-order chi connectivity index (χ1) is 8.31. The second-order valence-electron chi connectivity index (χ2n) is 4.37. The highest BCUT2D eigenvalue weighted by molar-refractivity contribution is 7.90. The monoisotopic (exact) mass is 272 g/mol. The standard InChI is InChI=1S/C11H20N4O2S/c1-4-5-10-13-9(12)8-11(14-10)15(2)6-7-18(3,16)17/h8H,4-7H2,1-3H3,(H2,12,13,14). The van der Waals surface area contributed by atoms with Crippen LogP contribution in [0.4, 0.5) is 11.6 Å². The average Bonchev–Trinajstić information content (AvgIpc) is 2.24. The Morgan fingerprint density at radius 3 is 2.61 bits per heavy atom. The smallest absolute Gasteiger partial charge is 0.149 e. The van der Waals surface area contributed by atoms with Crippen LogP contribution in [-0.2, 0) is 16.3 Å². The van der Waals surface area contributed by atoms with Gasteiger partial charge in [-0.2, -0.15) is 0 Å². The van der Waals surface area contributed by atoms with Gasteiger partial charge < -0.3 is 10.6 Å². The average molecular weight is 272 g/mol. The minimum Gasteiger partial charge on any atom is -0.384 e. The number of nitrogen functional groups attached to an aromatic ring is 1. The van der Waals surface area contributed by atoms with Gasteiger partial charge >= 0.3 is 0 Å². The Hall–Kier alpha value is -1.37. The van der Waals surface area contributed by atoms with Gasteiger partial charge in [0, 0.05) is 32.3 Å². The molecule has 0 bridgehead atoms. The maximum absolute atomic E-state index is 11.1. The van der Waals surface area contributed by atoms with Gasteiger partial charge in [0.15, 0.2) is 0 Å². The van der Waals surface area contributed by atoms with Crippen LogP contribution in [0.2, 0.25) is 0 Å². The summed E-state index contributed by atoms with van der Waals surface area (Å²) < 4.78 is 22.2. The van der Waals surface area contributed by atoms with Crippen LogP contribution in [-0.4, -0.2) is 44.0 Å². The van der Waals surface area contributed by atoms with Crippen LogP contribution in [0, 0.1) is 0 Å². The molecule has 0 aromatic carbocycles. The van der Waals surface area contributed by atoms with Crippen molar-refractivity contribution in [3.63, 3.8) is 0 Å². The van der Waals surface area contributed by atoms with E-state index in [1.54, 1.807) is 18.0 Å². The molecular formula is C11H20N4O2S.